The summed E-state index contributed by atoms with van der Waals surface area (Å²) in [5.41, 5.74) is 1.63. The number of benzene rings is 1. The fourth-order valence-electron chi connectivity index (χ4n) is 2.63. The Balaban J connectivity index is 0.000000151. The minimum atomic E-state index is -2.98. The van der Waals surface area contributed by atoms with Gasteiger partial charge < -0.3 is 35.6 Å². The lowest BCUT2D eigenvalue weighted by molar-refractivity contribution is -0.685. The molecule has 0 spiro atoms. The van der Waals surface area contributed by atoms with E-state index in [2.05, 4.69) is 9.78 Å². The van der Waals surface area contributed by atoms with E-state index < -0.39 is 23.5 Å². The number of carbonyl (C=O) groups is 1. The van der Waals surface area contributed by atoms with E-state index in [1.807, 2.05) is 17.4 Å². The molecule has 1 atom stereocenters. The molecule has 1 saturated carbocycles. The third-order valence-corrected chi connectivity index (χ3v) is 4.16. The minimum Gasteiger partial charge on any atom is -0.487 e. The molecule has 2 aliphatic heterocycles. The fourth-order valence-corrected chi connectivity index (χ4v) is 2.63. The molecule has 1 unspecified atom stereocenters. The van der Waals surface area contributed by atoms with Gasteiger partial charge >= 0.3 is 11.8 Å². The normalized spacial score (nSPS) is 27.9. The van der Waals surface area contributed by atoms with E-state index in [-0.39, 0.29) is 6.61 Å². The van der Waals surface area contributed by atoms with Crippen LogP contribution in [0.15, 0.2) is 18.2 Å². The first-order chi connectivity index (χ1) is 11.6. The summed E-state index contributed by atoms with van der Waals surface area (Å²) in [4.78, 5) is 18.1. The Morgan fingerprint density at radius 2 is 1.84 bits per heavy atom. The molecule has 1 aromatic carbocycles. The van der Waals surface area contributed by atoms with Crippen LogP contribution in [0.1, 0.15) is 29.9 Å². The zero-order valence-corrected chi connectivity index (χ0v) is 13.3. The summed E-state index contributed by atoms with van der Waals surface area (Å²) in [5.74, 6) is -7.47. The van der Waals surface area contributed by atoms with E-state index in [0.717, 1.165) is 18.4 Å². The third-order valence-electron chi connectivity index (χ3n) is 4.16. The predicted molar refractivity (Wildman–Crippen MR) is 78.4 cm³/mol. The maximum atomic E-state index is 10.6. The topological polar surface area (TPSA) is 158 Å². The van der Waals surface area contributed by atoms with Gasteiger partial charge in [-0.2, -0.15) is 9.78 Å². The Hall–Kier alpha value is -1.79. The highest BCUT2D eigenvalue weighted by Crippen LogP contribution is 2.48. The zero-order valence-electron chi connectivity index (χ0n) is 13.3. The Labute approximate surface area is 142 Å². The smallest absolute Gasteiger partial charge is 0.375 e. The van der Waals surface area contributed by atoms with Gasteiger partial charge in [0.05, 0.1) is 5.56 Å². The molecule has 0 aromatic heterocycles. The van der Waals surface area contributed by atoms with Crippen LogP contribution < -0.4 is 10.1 Å². The molecule has 3 aliphatic rings. The Bertz CT molecular complexity index is 686. The summed E-state index contributed by atoms with van der Waals surface area (Å²) < 4.78 is 5.23. The second-order valence-electron chi connectivity index (χ2n) is 6.10. The lowest BCUT2D eigenvalue weighted by Gasteiger charge is -2.42. The average Bonchev–Trinajstić information content (AvgIpc) is 3.38. The van der Waals surface area contributed by atoms with Gasteiger partial charge in [-0.1, -0.05) is 12.1 Å². The van der Waals surface area contributed by atoms with Crippen molar-refractivity contribution in [3.8, 4) is 5.75 Å². The van der Waals surface area contributed by atoms with E-state index in [1.54, 1.807) is 6.07 Å². The molecule has 4 rings (SSSR count). The average molecular weight is 357 g/mol. The number of amides is 1. The molecule has 10 nitrogen and oxygen atoms in total. The maximum Gasteiger partial charge on any atom is 0.375 e. The Morgan fingerprint density at radius 1 is 1.16 bits per heavy atom. The highest BCUT2D eigenvalue weighted by Gasteiger charge is 2.69. The molecule has 0 radical (unpaired) electrons. The zero-order chi connectivity index (χ0) is 18.5. The van der Waals surface area contributed by atoms with Gasteiger partial charge in [0.25, 0.3) is 5.91 Å². The molecule has 0 bridgehead atoms. The molecule has 25 heavy (non-hydrogen) atoms. The van der Waals surface area contributed by atoms with Crippen molar-refractivity contribution in [2.45, 2.75) is 36.3 Å². The quantitative estimate of drug-likeness (QED) is 0.263. The van der Waals surface area contributed by atoms with Gasteiger partial charge in [0.15, 0.2) is 0 Å². The first-order valence-corrected chi connectivity index (χ1v) is 7.59. The highest BCUT2D eigenvalue weighted by molar-refractivity contribution is 5.84. The van der Waals surface area contributed by atoms with Crippen LogP contribution in [0.25, 0.3) is 0 Å². The van der Waals surface area contributed by atoms with E-state index in [0.29, 0.717) is 17.2 Å². The number of aliphatic hydroxyl groups is 5. The van der Waals surface area contributed by atoms with Gasteiger partial charge in [-0.25, -0.2) is 0 Å². The summed E-state index contributed by atoms with van der Waals surface area (Å²) in [6.45, 7) is -0.0495. The highest BCUT2D eigenvalue weighted by atomic mass is 17.3. The molecule has 2 fully saturated rings. The van der Waals surface area contributed by atoms with E-state index in [9.17, 15) is 15.0 Å². The molecule has 2 heterocycles. The van der Waals surface area contributed by atoms with Crippen LogP contribution >= 0.6 is 0 Å². The van der Waals surface area contributed by atoms with Crippen molar-refractivity contribution in [2.24, 2.45) is 0 Å². The van der Waals surface area contributed by atoms with Crippen molar-refractivity contribution in [3.63, 3.8) is 0 Å². The standard InChI is InChI=1S/C11H12O3.C4H7NO6/c12-11(13)6-14-9-3-1-2-8(10(9)11)7-4-5-7;1-5-2(6)3(7)4(8,9)11-10-3/h1-3,7,12-13H,4-6H2;7-9H,1H3,(H,5,6). The van der Waals surface area contributed by atoms with Gasteiger partial charge in [0.2, 0.25) is 5.79 Å². The first-order valence-electron chi connectivity index (χ1n) is 7.59. The maximum absolute atomic E-state index is 10.6. The van der Waals surface area contributed by atoms with Crippen molar-refractivity contribution in [3.05, 3.63) is 29.3 Å². The molecule has 10 heteroatoms. The van der Waals surface area contributed by atoms with Crippen molar-refractivity contribution in [1.82, 2.24) is 5.32 Å². The van der Waals surface area contributed by atoms with Crippen molar-refractivity contribution in [1.29, 1.82) is 0 Å². The van der Waals surface area contributed by atoms with Crippen LogP contribution in [0.2, 0.25) is 0 Å². The number of hydrogen-bond acceptors (Lipinski definition) is 9. The Kier molecular flexibility index (Phi) is 4.24. The van der Waals surface area contributed by atoms with Crippen molar-refractivity contribution in [2.75, 3.05) is 13.7 Å². The van der Waals surface area contributed by atoms with E-state index >= 15 is 0 Å². The fraction of sp³-hybridized carbons (Fsp3) is 0.533. The monoisotopic (exact) mass is 357 g/mol. The predicted octanol–water partition coefficient (Wildman–Crippen LogP) is -1.88. The second-order valence-corrected chi connectivity index (χ2v) is 6.10. The van der Waals surface area contributed by atoms with Gasteiger partial charge in [-0.15, -0.1) is 0 Å². The summed E-state index contributed by atoms with van der Waals surface area (Å²) >= 11 is 0. The SMILES string of the molecule is CNC(=O)C1(O)OOC1(O)O.OC1(O)COc2cccc(C3CC3)c21. The van der Waals surface area contributed by atoms with Crippen LogP contribution in [-0.4, -0.2) is 56.9 Å². The summed E-state index contributed by atoms with van der Waals surface area (Å²) in [6.07, 6.45) is 2.29. The van der Waals surface area contributed by atoms with E-state index in [4.69, 9.17) is 20.1 Å². The summed E-state index contributed by atoms with van der Waals surface area (Å²) in [5, 5.41) is 47.6. The molecular weight excluding hydrogens is 338 g/mol. The number of fused-ring (bicyclic) bond motifs is 1. The molecule has 1 amide bonds. The molecule has 1 aliphatic carbocycles. The number of hydrogen-bond donors (Lipinski definition) is 6. The first kappa shape index (κ1) is 18.0. The molecule has 1 saturated heterocycles. The van der Waals surface area contributed by atoms with Gasteiger partial charge in [-0.05, 0) is 30.4 Å². The lowest BCUT2D eigenvalue weighted by atomic mass is 9.97. The Morgan fingerprint density at radius 3 is 2.28 bits per heavy atom. The lowest BCUT2D eigenvalue weighted by Crippen LogP contribution is -2.73. The number of rotatable bonds is 2. The minimum absolute atomic E-state index is 0.0495. The number of carbonyl (C=O) groups excluding carboxylic acids is 1. The van der Waals surface area contributed by atoms with Crippen LogP contribution in [-0.2, 0) is 20.4 Å². The van der Waals surface area contributed by atoms with E-state index in [1.165, 1.54) is 7.05 Å². The summed E-state index contributed by atoms with van der Waals surface area (Å²) in [7, 11) is 1.19. The van der Waals surface area contributed by atoms with Crippen LogP contribution in [0.5, 0.6) is 5.75 Å². The van der Waals surface area contributed by atoms with Gasteiger partial charge in [-0.3, -0.25) is 4.79 Å². The van der Waals surface area contributed by atoms with Crippen LogP contribution in [0.3, 0.4) is 0 Å². The molecule has 1 aromatic rings. The van der Waals surface area contributed by atoms with Crippen LogP contribution in [0.4, 0.5) is 0 Å². The van der Waals surface area contributed by atoms with Crippen LogP contribution in [0, 0.1) is 0 Å². The molecule has 6 N–H and O–H groups in total. The number of nitrogens with one attached hydrogen (secondary N) is 1. The number of likely N-dealkylation sites (N-methyl/N-ethyl adjacent to an activating group) is 1. The largest absolute Gasteiger partial charge is 0.487 e. The molecular formula is C15H19NO9. The van der Waals surface area contributed by atoms with Gasteiger partial charge in [0, 0.05) is 7.05 Å². The third kappa shape index (κ3) is 2.98. The van der Waals surface area contributed by atoms with Gasteiger partial charge in [0.1, 0.15) is 12.4 Å². The number of ether oxygens (including phenoxy) is 1. The molecule has 138 valence electrons. The van der Waals surface area contributed by atoms with Crippen molar-refractivity contribution >= 4 is 5.91 Å². The summed E-state index contributed by atoms with van der Waals surface area (Å²) in [6, 6.07) is 5.66. The van der Waals surface area contributed by atoms with Crippen molar-refractivity contribution < 1.29 is 44.8 Å². The second kappa shape index (κ2) is 5.88.